The zero-order valence-corrected chi connectivity index (χ0v) is 16.0. The summed E-state index contributed by atoms with van der Waals surface area (Å²) in [6, 6.07) is 0. The molecule has 0 aromatic heterocycles. The van der Waals surface area contributed by atoms with Crippen LogP contribution in [0.4, 0.5) is 0 Å². The molecule has 3 atom stereocenters. The Bertz CT molecular complexity index is 291. The average molecular weight is 314 g/mol. The van der Waals surface area contributed by atoms with E-state index in [1.54, 1.807) is 0 Å². The largest absolute Gasteiger partial charge is 0.378 e. The first-order valence-corrected chi connectivity index (χ1v) is 9.16. The predicted molar refractivity (Wildman–Crippen MR) is 95.0 cm³/mol. The Morgan fingerprint density at radius 2 is 1.68 bits per heavy atom. The predicted octanol–water partition coefficient (Wildman–Crippen LogP) is 4.75. The first-order chi connectivity index (χ1) is 10.3. The molecule has 3 heteroatoms. The molecule has 22 heavy (non-hydrogen) atoms. The summed E-state index contributed by atoms with van der Waals surface area (Å²) in [7, 11) is 1.92. The number of amides is 1. The van der Waals surface area contributed by atoms with Crippen LogP contribution in [-0.4, -0.2) is 37.1 Å². The van der Waals surface area contributed by atoms with Crippen molar-refractivity contribution in [2.24, 2.45) is 17.8 Å². The Morgan fingerprint density at radius 1 is 1.05 bits per heavy atom. The number of carbonyl (C=O) groups excluding carboxylic acids is 1. The minimum Gasteiger partial charge on any atom is -0.378 e. The van der Waals surface area contributed by atoms with E-state index in [2.05, 4.69) is 27.7 Å². The molecule has 0 aromatic rings. The van der Waals surface area contributed by atoms with E-state index < -0.39 is 0 Å². The molecule has 0 fully saturated rings. The van der Waals surface area contributed by atoms with Crippen LogP contribution in [0.15, 0.2) is 0 Å². The SMILES string of the molecule is CCCOC(C)C(C)CCC(C)CCCN(C)C(=O)C(C)C. The van der Waals surface area contributed by atoms with Gasteiger partial charge in [0.1, 0.15) is 0 Å². The van der Waals surface area contributed by atoms with Crippen LogP contribution in [0.25, 0.3) is 0 Å². The van der Waals surface area contributed by atoms with Gasteiger partial charge in [-0.25, -0.2) is 0 Å². The summed E-state index contributed by atoms with van der Waals surface area (Å²) in [6.45, 7) is 14.6. The fourth-order valence-corrected chi connectivity index (χ4v) is 2.62. The normalized spacial score (nSPS) is 15.6. The summed E-state index contributed by atoms with van der Waals surface area (Å²) in [6.07, 6.45) is 6.24. The molecule has 1 amide bonds. The summed E-state index contributed by atoms with van der Waals surface area (Å²) in [4.78, 5) is 13.7. The fourth-order valence-electron chi connectivity index (χ4n) is 2.62. The molecule has 0 aliphatic carbocycles. The van der Waals surface area contributed by atoms with Crippen LogP contribution in [0.5, 0.6) is 0 Å². The summed E-state index contributed by atoms with van der Waals surface area (Å²) in [5, 5.41) is 0. The van der Waals surface area contributed by atoms with E-state index in [4.69, 9.17) is 4.74 Å². The first-order valence-electron chi connectivity index (χ1n) is 9.16. The van der Waals surface area contributed by atoms with Gasteiger partial charge in [-0.2, -0.15) is 0 Å². The van der Waals surface area contributed by atoms with Gasteiger partial charge in [-0.3, -0.25) is 4.79 Å². The van der Waals surface area contributed by atoms with Crippen molar-refractivity contribution in [1.29, 1.82) is 0 Å². The second kappa shape index (κ2) is 11.9. The molecule has 0 saturated heterocycles. The Kier molecular flexibility index (Phi) is 11.6. The van der Waals surface area contributed by atoms with Crippen LogP contribution in [0.1, 0.15) is 73.6 Å². The van der Waals surface area contributed by atoms with Crippen LogP contribution in [0.3, 0.4) is 0 Å². The van der Waals surface area contributed by atoms with Gasteiger partial charge in [0.15, 0.2) is 0 Å². The van der Waals surface area contributed by atoms with Gasteiger partial charge in [-0.1, -0.05) is 41.0 Å². The van der Waals surface area contributed by atoms with Gasteiger partial charge in [-0.15, -0.1) is 0 Å². The van der Waals surface area contributed by atoms with Crippen molar-refractivity contribution in [2.75, 3.05) is 20.2 Å². The molecule has 0 spiro atoms. The van der Waals surface area contributed by atoms with E-state index in [9.17, 15) is 4.79 Å². The molecule has 132 valence electrons. The van der Waals surface area contributed by atoms with Crippen LogP contribution in [0, 0.1) is 17.8 Å². The Hall–Kier alpha value is -0.570. The highest BCUT2D eigenvalue weighted by molar-refractivity contribution is 5.77. The van der Waals surface area contributed by atoms with Crippen molar-refractivity contribution in [1.82, 2.24) is 4.90 Å². The van der Waals surface area contributed by atoms with Gasteiger partial charge in [0.2, 0.25) is 5.91 Å². The minimum absolute atomic E-state index is 0.105. The first kappa shape index (κ1) is 21.4. The van der Waals surface area contributed by atoms with E-state index in [0.29, 0.717) is 12.0 Å². The molecule has 3 nitrogen and oxygen atoms in total. The molecule has 0 rings (SSSR count). The maximum Gasteiger partial charge on any atom is 0.224 e. The summed E-state index contributed by atoms with van der Waals surface area (Å²) >= 11 is 0. The summed E-state index contributed by atoms with van der Waals surface area (Å²) in [5.41, 5.74) is 0. The molecule has 0 saturated carbocycles. The lowest BCUT2D eigenvalue weighted by molar-refractivity contribution is -0.133. The summed E-state index contributed by atoms with van der Waals surface area (Å²) in [5.74, 6) is 1.71. The summed E-state index contributed by atoms with van der Waals surface area (Å²) < 4.78 is 5.80. The second-order valence-corrected chi connectivity index (χ2v) is 7.29. The number of hydrogen-bond donors (Lipinski definition) is 0. The third-order valence-corrected chi connectivity index (χ3v) is 4.56. The molecule has 0 heterocycles. The third-order valence-electron chi connectivity index (χ3n) is 4.56. The average Bonchev–Trinajstić information content (AvgIpc) is 2.48. The standard InChI is InChI=1S/C19H39NO2/c1-8-14-22-18(6)17(5)12-11-16(4)10-9-13-20(7)19(21)15(2)3/h15-18H,8-14H2,1-7H3. The molecular weight excluding hydrogens is 274 g/mol. The second-order valence-electron chi connectivity index (χ2n) is 7.29. The van der Waals surface area contributed by atoms with Crippen molar-refractivity contribution in [2.45, 2.75) is 79.8 Å². The quantitative estimate of drug-likeness (QED) is 0.520. The van der Waals surface area contributed by atoms with E-state index >= 15 is 0 Å². The molecule has 0 N–H and O–H groups in total. The monoisotopic (exact) mass is 313 g/mol. The maximum atomic E-state index is 11.8. The molecule has 0 aliphatic heterocycles. The van der Waals surface area contributed by atoms with Gasteiger partial charge in [0.05, 0.1) is 6.10 Å². The van der Waals surface area contributed by atoms with E-state index in [1.807, 2.05) is 25.8 Å². The van der Waals surface area contributed by atoms with Crippen molar-refractivity contribution in [3.63, 3.8) is 0 Å². The van der Waals surface area contributed by atoms with Gasteiger partial charge in [0.25, 0.3) is 0 Å². The van der Waals surface area contributed by atoms with Crippen LogP contribution >= 0.6 is 0 Å². The van der Waals surface area contributed by atoms with Crippen LogP contribution < -0.4 is 0 Å². The van der Waals surface area contributed by atoms with E-state index in [1.165, 1.54) is 19.3 Å². The molecule has 0 radical (unpaired) electrons. The zero-order chi connectivity index (χ0) is 17.1. The van der Waals surface area contributed by atoms with Gasteiger partial charge in [0, 0.05) is 26.1 Å². The number of ether oxygens (including phenoxy) is 1. The van der Waals surface area contributed by atoms with Crippen LogP contribution in [-0.2, 0) is 9.53 Å². The number of rotatable bonds is 12. The molecule has 0 aliphatic rings. The van der Waals surface area contributed by atoms with Crippen LogP contribution in [0.2, 0.25) is 0 Å². The number of nitrogens with zero attached hydrogens (tertiary/aromatic N) is 1. The van der Waals surface area contributed by atoms with Crippen molar-refractivity contribution in [3.8, 4) is 0 Å². The minimum atomic E-state index is 0.105. The van der Waals surface area contributed by atoms with Gasteiger partial charge >= 0.3 is 0 Å². The van der Waals surface area contributed by atoms with Crippen molar-refractivity contribution >= 4 is 5.91 Å². The number of hydrogen-bond acceptors (Lipinski definition) is 2. The lowest BCUT2D eigenvalue weighted by atomic mass is 9.92. The highest BCUT2D eigenvalue weighted by Gasteiger charge is 2.15. The van der Waals surface area contributed by atoms with Gasteiger partial charge in [-0.05, 0) is 44.4 Å². The maximum absolute atomic E-state index is 11.8. The topological polar surface area (TPSA) is 29.5 Å². The van der Waals surface area contributed by atoms with E-state index in [0.717, 1.165) is 31.9 Å². The number of carbonyl (C=O) groups is 1. The molecule has 0 aromatic carbocycles. The lowest BCUT2D eigenvalue weighted by Gasteiger charge is -2.23. The van der Waals surface area contributed by atoms with Crippen molar-refractivity contribution < 1.29 is 9.53 Å². The highest BCUT2D eigenvalue weighted by atomic mass is 16.5. The van der Waals surface area contributed by atoms with E-state index in [-0.39, 0.29) is 11.8 Å². The molecule has 3 unspecified atom stereocenters. The Balaban J connectivity index is 3.81. The molecule has 0 bridgehead atoms. The van der Waals surface area contributed by atoms with Gasteiger partial charge < -0.3 is 9.64 Å². The van der Waals surface area contributed by atoms with Crippen molar-refractivity contribution in [3.05, 3.63) is 0 Å². The Morgan fingerprint density at radius 3 is 2.23 bits per heavy atom. The molecular formula is C19H39NO2. The Labute approximate surface area is 138 Å². The lowest BCUT2D eigenvalue weighted by Crippen LogP contribution is -2.31. The zero-order valence-electron chi connectivity index (χ0n) is 16.0. The third kappa shape index (κ3) is 9.45. The fraction of sp³-hybridized carbons (Fsp3) is 0.947. The smallest absolute Gasteiger partial charge is 0.224 e. The highest BCUT2D eigenvalue weighted by Crippen LogP contribution is 2.20.